The molecule has 0 aliphatic rings. The molecule has 0 aliphatic heterocycles. The lowest BCUT2D eigenvalue weighted by Crippen LogP contribution is -2.03. The number of hydrogen-bond donors (Lipinski definition) is 1. The summed E-state index contributed by atoms with van der Waals surface area (Å²) in [5.41, 5.74) is 6.97. The Kier molecular flexibility index (Phi) is 2.67. The van der Waals surface area contributed by atoms with E-state index in [4.69, 9.17) is 5.73 Å². The maximum absolute atomic E-state index is 12.5. The van der Waals surface area contributed by atoms with Crippen LogP contribution in [0.15, 0.2) is 48.7 Å². The third-order valence-electron chi connectivity index (χ3n) is 3.03. The van der Waals surface area contributed by atoms with Crippen molar-refractivity contribution in [2.45, 2.75) is 6.18 Å². The third-order valence-corrected chi connectivity index (χ3v) is 3.03. The highest BCUT2D eigenvalue weighted by atomic mass is 19.4. The van der Waals surface area contributed by atoms with Gasteiger partial charge in [0, 0.05) is 11.8 Å². The Hall–Kier alpha value is -2.50. The average molecular weight is 277 g/mol. The van der Waals surface area contributed by atoms with Crippen LogP contribution < -0.4 is 5.73 Å². The van der Waals surface area contributed by atoms with Crippen LogP contribution in [0.5, 0.6) is 0 Å². The fraction of sp³-hybridized carbons (Fsp3) is 0.0714. The summed E-state index contributed by atoms with van der Waals surface area (Å²) >= 11 is 0. The number of nitrogen functional groups attached to an aromatic ring is 1. The van der Waals surface area contributed by atoms with Crippen LogP contribution in [-0.4, -0.2) is 9.38 Å². The molecule has 0 amide bonds. The number of hydrogen-bond acceptors (Lipinski definition) is 2. The summed E-state index contributed by atoms with van der Waals surface area (Å²) in [6.45, 7) is 0. The number of halogens is 3. The highest BCUT2D eigenvalue weighted by Gasteiger charge is 2.30. The van der Waals surface area contributed by atoms with Gasteiger partial charge in [-0.3, -0.25) is 4.40 Å². The second-order valence-corrected chi connectivity index (χ2v) is 4.38. The fourth-order valence-corrected chi connectivity index (χ4v) is 2.00. The molecule has 2 N–H and O–H groups in total. The quantitative estimate of drug-likeness (QED) is 0.738. The number of imidazole rings is 1. The van der Waals surface area contributed by atoms with Gasteiger partial charge in [-0.1, -0.05) is 18.2 Å². The molecule has 2 aromatic heterocycles. The lowest BCUT2D eigenvalue weighted by molar-refractivity contribution is -0.137. The Bertz CT molecular complexity index is 757. The number of benzene rings is 1. The largest absolute Gasteiger partial charge is 0.416 e. The van der Waals surface area contributed by atoms with Crippen molar-refractivity contribution in [2.24, 2.45) is 0 Å². The molecule has 3 nitrogen and oxygen atoms in total. The maximum Gasteiger partial charge on any atom is 0.416 e. The van der Waals surface area contributed by atoms with Crippen LogP contribution in [-0.2, 0) is 6.18 Å². The van der Waals surface area contributed by atoms with Gasteiger partial charge in [-0.25, -0.2) is 4.98 Å². The second kappa shape index (κ2) is 4.26. The van der Waals surface area contributed by atoms with Crippen molar-refractivity contribution in [3.63, 3.8) is 0 Å². The second-order valence-electron chi connectivity index (χ2n) is 4.38. The van der Waals surface area contributed by atoms with E-state index in [0.717, 1.165) is 12.1 Å². The van der Waals surface area contributed by atoms with Crippen LogP contribution in [0.1, 0.15) is 5.56 Å². The third kappa shape index (κ3) is 2.09. The molecular weight excluding hydrogens is 267 g/mol. The summed E-state index contributed by atoms with van der Waals surface area (Å²) in [5.74, 6) is 0.521. The number of pyridine rings is 1. The summed E-state index contributed by atoms with van der Waals surface area (Å²) < 4.78 is 39.2. The summed E-state index contributed by atoms with van der Waals surface area (Å²) in [6.07, 6.45) is -2.63. The van der Waals surface area contributed by atoms with Crippen molar-refractivity contribution in [2.75, 3.05) is 5.73 Å². The van der Waals surface area contributed by atoms with E-state index in [2.05, 4.69) is 4.98 Å². The van der Waals surface area contributed by atoms with Crippen molar-refractivity contribution in [1.29, 1.82) is 0 Å². The average Bonchev–Trinajstić information content (AvgIpc) is 2.83. The van der Waals surface area contributed by atoms with Crippen molar-refractivity contribution >= 4 is 11.5 Å². The molecule has 6 heteroatoms. The zero-order valence-corrected chi connectivity index (χ0v) is 10.2. The normalized spacial score (nSPS) is 11.9. The predicted octanol–water partition coefficient (Wildman–Crippen LogP) is 3.60. The molecule has 1 aromatic carbocycles. The summed E-state index contributed by atoms with van der Waals surface area (Å²) in [6, 6.07) is 10.2. The number of rotatable bonds is 1. The Morgan fingerprint density at radius 2 is 1.70 bits per heavy atom. The number of alkyl halides is 3. The lowest BCUT2D eigenvalue weighted by atomic mass is 10.1. The van der Waals surface area contributed by atoms with E-state index in [-0.39, 0.29) is 0 Å². The van der Waals surface area contributed by atoms with Crippen molar-refractivity contribution in [3.8, 4) is 11.3 Å². The molecule has 0 unspecified atom stereocenters. The van der Waals surface area contributed by atoms with Gasteiger partial charge in [0.05, 0.1) is 11.3 Å². The van der Waals surface area contributed by atoms with Gasteiger partial charge in [-0.15, -0.1) is 0 Å². The number of nitrogens with zero attached hydrogens (tertiary/aromatic N) is 2. The molecule has 0 aliphatic carbocycles. The predicted molar refractivity (Wildman–Crippen MR) is 70.0 cm³/mol. The van der Waals surface area contributed by atoms with E-state index in [1.54, 1.807) is 28.8 Å². The zero-order chi connectivity index (χ0) is 14.3. The first-order valence-corrected chi connectivity index (χ1v) is 5.86. The van der Waals surface area contributed by atoms with Crippen molar-refractivity contribution < 1.29 is 13.2 Å². The fourth-order valence-electron chi connectivity index (χ4n) is 2.00. The van der Waals surface area contributed by atoms with Gasteiger partial charge in [0.2, 0.25) is 0 Å². The number of aromatic nitrogens is 2. The zero-order valence-electron chi connectivity index (χ0n) is 10.2. The van der Waals surface area contributed by atoms with Crippen LogP contribution in [0.3, 0.4) is 0 Å². The molecule has 102 valence electrons. The van der Waals surface area contributed by atoms with E-state index in [9.17, 15) is 13.2 Å². The van der Waals surface area contributed by atoms with E-state index >= 15 is 0 Å². The first-order valence-electron chi connectivity index (χ1n) is 5.86. The van der Waals surface area contributed by atoms with Gasteiger partial charge in [-0.05, 0) is 24.3 Å². The topological polar surface area (TPSA) is 43.3 Å². The Balaban J connectivity index is 2.05. The SMILES string of the molecule is Nc1cccc2nc(-c3ccc(C(F)(F)F)cc3)cn12. The van der Waals surface area contributed by atoms with E-state index in [1.807, 2.05) is 0 Å². The van der Waals surface area contributed by atoms with Gasteiger partial charge in [0.25, 0.3) is 0 Å². The Morgan fingerprint density at radius 1 is 1.00 bits per heavy atom. The smallest absolute Gasteiger partial charge is 0.385 e. The molecule has 0 saturated carbocycles. The van der Waals surface area contributed by atoms with Crippen LogP contribution in [0.2, 0.25) is 0 Å². The Labute approximate surface area is 112 Å². The van der Waals surface area contributed by atoms with Crippen LogP contribution in [0.4, 0.5) is 19.0 Å². The molecule has 2 heterocycles. The minimum atomic E-state index is -4.33. The molecular formula is C14H10F3N3. The van der Waals surface area contributed by atoms with Gasteiger partial charge < -0.3 is 5.73 Å². The van der Waals surface area contributed by atoms with Crippen LogP contribution in [0.25, 0.3) is 16.9 Å². The van der Waals surface area contributed by atoms with Gasteiger partial charge in [0.15, 0.2) is 0 Å². The van der Waals surface area contributed by atoms with Crippen LogP contribution >= 0.6 is 0 Å². The molecule has 0 spiro atoms. The van der Waals surface area contributed by atoms with Gasteiger partial charge in [0.1, 0.15) is 11.5 Å². The molecule has 3 rings (SSSR count). The van der Waals surface area contributed by atoms with Crippen molar-refractivity contribution in [3.05, 3.63) is 54.2 Å². The standard InChI is InChI=1S/C14H10F3N3/c15-14(16,17)10-6-4-9(5-7-10)11-8-20-12(18)2-1-3-13(20)19-11/h1-8H,18H2. The number of nitrogens with two attached hydrogens (primary N) is 1. The van der Waals surface area contributed by atoms with E-state index < -0.39 is 11.7 Å². The minimum Gasteiger partial charge on any atom is -0.385 e. The minimum absolute atomic E-state index is 0.521. The monoisotopic (exact) mass is 277 g/mol. The van der Waals surface area contributed by atoms with Gasteiger partial charge >= 0.3 is 6.18 Å². The lowest BCUT2D eigenvalue weighted by Gasteiger charge is -2.06. The summed E-state index contributed by atoms with van der Waals surface area (Å²) in [5, 5.41) is 0. The van der Waals surface area contributed by atoms with Crippen LogP contribution in [0, 0.1) is 0 Å². The molecule has 0 fully saturated rings. The first kappa shape index (κ1) is 12.5. The molecule has 3 aromatic rings. The first-order chi connectivity index (χ1) is 9.45. The molecule has 0 radical (unpaired) electrons. The Morgan fingerprint density at radius 3 is 2.30 bits per heavy atom. The highest BCUT2D eigenvalue weighted by molar-refractivity contribution is 5.64. The summed E-state index contributed by atoms with van der Waals surface area (Å²) in [4.78, 5) is 4.34. The number of anilines is 1. The van der Waals surface area contributed by atoms with Crippen molar-refractivity contribution in [1.82, 2.24) is 9.38 Å². The number of fused-ring (bicyclic) bond motifs is 1. The molecule has 0 saturated heterocycles. The molecule has 0 bridgehead atoms. The van der Waals surface area contributed by atoms with E-state index in [0.29, 0.717) is 22.7 Å². The molecule has 20 heavy (non-hydrogen) atoms. The maximum atomic E-state index is 12.5. The highest BCUT2D eigenvalue weighted by Crippen LogP contribution is 2.31. The molecule has 0 atom stereocenters. The van der Waals surface area contributed by atoms with E-state index in [1.165, 1.54) is 12.1 Å². The summed E-state index contributed by atoms with van der Waals surface area (Å²) in [7, 11) is 0. The van der Waals surface area contributed by atoms with Gasteiger partial charge in [-0.2, -0.15) is 13.2 Å².